The Balaban J connectivity index is 2.01. The van der Waals surface area contributed by atoms with Crippen LogP contribution in [0.15, 0.2) is 16.9 Å². The summed E-state index contributed by atoms with van der Waals surface area (Å²) in [5, 5.41) is 12.1. The molecular formula is C12H17N3O3. The molecule has 1 aromatic heterocycles. The van der Waals surface area contributed by atoms with Gasteiger partial charge in [0.1, 0.15) is 0 Å². The van der Waals surface area contributed by atoms with E-state index < -0.39 is 5.56 Å². The lowest BCUT2D eigenvalue weighted by atomic mass is 9.91. The van der Waals surface area contributed by atoms with Crippen molar-refractivity contribution in [2.45, 2.75) is 37.8 Å². The minimum absolute atomic E-state index is 0.0960. The summed E-state index contributed by atoms with van der Waals surface area (Å²) in [6.45, 7) is 0. The van der Waals surface area contributed by atoms with Crippen LogP contribution < -0.4 is 16.6 Å². The van der Waals surface area contributed by atoms with Gasteiger partial charge in [0.15, 0.2) is 5.88 Å². The van der Waals surface area contributed by atoms with Crippen molar-refractivity contribution in [1.29, 1.82) is 0 Å². The van der Waals surface area contributed by atoms with Crippen molar-refractivity contribution in [3.05, 3.63) is 28.0 Å². The number of rotatable bonds is 2. The third-order valence-corrected chi connectivity index (χ3v) is 3.20. The normalized spacial score (nSPS) is 23.6. The summed E-state index contributed by atoms with van der Waals surface area (Å²) in [5.74, 6) is -0.643. The second-order valence-electron chi connectivity index (χ2n) is 4.70. The molecular weight excluding hydrogens is 234 g/mol. The van der Waals surface area contributed by atoms with Gasteiger partial charge in [0.2, 0.25) is 0 Å². The molecule has 0 aromatic carbocycles. The number of hydrogen-bond acceptors (Lipinski definition) is 4. The number of pyridine rings is 1. The number of amides is 1. The molecule has 1 aromatic rings. The maximum Gasteiger partial charge on any atom is 0.251 e. The van der Waals surface area contributed by atoms with E-state index in [0.717, 1.165) is 25.7 Å². The molecule has 98 valence electrons. The molecule has 1 aliphatic carbocycles. The molecule has 0 aliphatic heterocycles. The number of carbonyl (C=O) groups is 1. The van der Waals surface area contributed by atoms with Crippen molar-refractivity contribution in [1.82, 2.24) is 10.3 Å². The molecule has 0 saturated heterocycles. The molecule has 5 N–H and O–H groups in total. The van der Waals surface area contributed by atoms with Crippen molar-refractivity contribution in [2.75, 3.05) is 0 Å². The lowest BCUT2D eigenvalue weighted by Gasteiger charge is -2.26. The van der Waals surface area contributed by atoms with Crippen molar-refractivity contribution in [3.63, 3.8) is 0 Å². The fourth-order valence-electron chi connectivity index (χ4n) is 2.19. The molecule has 1 saturated carbocycles. The van der Waals surface area contributed by atoms with Gasteiger partial charge in [-0.15, -0.1) is 0 Å². The monoisotopic (exact) mass is 251 g/mol. The van der Waals surface area contributed by atoms with Crippen molar-refractivity contribution in [3.8, 4) is 5.88 Å². The van der Waals surface area contributed by atoms with Gasteiger partial charge >= 0.3 is 0 Å². The molecule has 0 atom stereocenters. The summed E-state index contributed by atoms with van der Waals surface area (Å²) < 4.78 is 0. The zero-order valence-electron chi connectivity index (χ0n) is 9.98. The fraction of sp³-hybridized carbons (Fsp3) is 0.500. The Bertz CT molecular complexity index is 490. The van der Waals surface area contributed by atoms with Crippen molar-refractivity contribution in [2.24, 2.45) is 5.73 Å². The second-order valence-corrected chi connectivity index (χ2v) is 4.70. The van der Waals surface area contributed by atoms with Crippen LogP contribution >= 0.6 is 0 Å². The highest BCUT2D eigenvalue weighted by Crippen LogP contribution is 2.17. The molecule has 0 spiro atoms. The zero-order valence-corrected chi connectivity index (χ0v) is 9.98. The lowest BCUT2D eigenvalue weighted by molar-refractivity contribution is 0.0925. The van der Waals surface area contributed by atoms with Crippen LogP contribution in [0.3, 0.4) is 0 Å². The summed E-state index contributed by atoms with van der Waals surface area (Å²) >= 11 is 0. The van der Waals surface area contributed by atoms with E-state index in [0.29, 0.717) is 0 Å². The predicted molar refractivity (Wildman–Crippen MR) is 66.4 cm³/mol. The van der Waals surface area contributed by atoms with Crippen LogP contribution in [-0.2, 0) is 0 Å². The number of hydrogen-bond donors (Lipinski definition) is 4. The molecule has 2 rings (SSSR count). The predicted octanol–water partition coefficient (Wildman–Crippen LogP) is 0.0802. The van der Waals surface area contributed by atoms with E-state index in [1.54, 1.807) is 0 Å². The van der Waals surface area contributed by atoms with Gasteiger partial charge in [0, 0.05) is 24.2 Å². The van der Waals surface area contributed by atoms with Gasteiger partial charge in [-0.25, -0.2) is 0 Å². The fourth-order valence-corrected chi connectivity index (χ4v) is 2.19. The summed E-state index contributed by atoms with van der Waals surface area (Å²) in [6, 6.07) is 2.73. The average Bonchev–Trinajstić information content (AvgIpc) is 2.31. The Kier molecular flexibility index (Phi) is 3.66. The lowest BCUT2D eigenvalue weighted by Crippen LogP contribution is -2.40. The van der Waals surface area contributed by atoms with Crippen LogP contribution in [0.25, 0.3) is 0 Å². The first-order chi connectivity index (χ1) is 8.54. The first-order valence-corrected chi connectivity index (χ1v) is 6.04. The van der Waals surface area contributed by atoms with Gasteiger partial charge in [-0.2, -0.15) is 0 Å². The van der Waals surface area contributed by atoms with Crippen LogP contribution in [0, 0.1) is 0 Å². The van der Waals surface area contributed by atoms with E-state index in [4.69, 9.17) is 5.73 Å². The van der Waals surface area contributed by atoms with Gasteiger partial charge in [-0.1, -0.05) is 0 Å². The van der Waals surface area contributed by atoms with Crippen LogP contribution in [0.2, 0.25) is 0 Å². The van der Waals surface area contributed by atoms with E-state index in [2.05, 4.69) is 10.3 Å². The van der Waals surface area contributed by atoms with E-state index in [1.807, 2.05) is 0 Å². The van der Waals surface area contributed by atoms with E-state index in [9.17, 15) is 14.7 Å². The van der Waals surface area contributed by atoms with Gasteiger partial charge in [0.05, 0.1) is 5.56 Å². The first kappa shape index (κ1) is 12.6. The van der Waals surface area contributed by atoms with Crippen molar-refractivity contribution < 1.29 is 9.90 Å². The summed E-state index contributed by atoms with van der Waals surface area (Å²) in [5.41, 5.74) is 5.47. The number of nitrogens with two attached hydrogens (primary N) is 1. The Labute approximate surface area is 104 Å². The molecule has 1 aliphatic rings. The number of nitrogens with one attached hydrogen (secondary N) is 2. The van der Waals surface area contributed by atoms with Crippen LogP contribution in [0.4, 0.5) is 0 Å². The minimum atomic E-state index is -0.495. The molecule has 1 amide bonds. The molecule has 0 bridgehead atoms. The van der Waals surface area contributed by atoms with Gasteiger partial charge in [-0.05, 0) is 25.7 Å². The molecule has 0 unspecified atom stereocenters. The summed E-state index contributed by atoms with van der Waals surface area (Å²) in [4.78, 5) is 25.2. The van der Waals surface area contributed by atoms with Gasteiger partial charge < -0.3 is 16.2 Å². The van der Waals surface area contributed by atoms with Crippen LogP contribution in [0.5, 0.6) is 5.88 Å². The Hall–Kier alpha value is -1.82. The smallest absolute Gasteiger partial charge is 0.251 e. The van der Waals surface area contributed by atoms with Gasteiger partial charge in [-0.3, -0.25) is 14.6 Å². The molecule has 0 radical (unpaired) electrons. The first-order valence-electron chi connectivity index (χ1n) is 6.04. The standard InChI is InChI=1S/C12H17N3O3/c13-8-1-3-9(4-2-8)14-12(18)7-5-10(16)15-11(17)6-7/h5-6,8-9H,1-4,13H2,(H,14,18)(H2,15,16,17). The third-order valence-electron chi connectivity index (χ3n) is 3.20. The highest BCUT2D eigenvalue weighted by Gasteiger charge is 2.20. The zero-order chi connectivity index (χ0) is 13.1. The molecule has 1 heterocycles. The van der Waals surface area contributed by atoms with E-state index >= 15 is 0 Å². The molecule has 6 heteroatoms. The highest BCUT2D eigenvalue weighted by molar-refractivity contribution is 5.94. The van der Waals surface area contributed by atoms with Crippen LogP contribution in [0.1, 0.15) is 36.0 Å². The highest BCUT2D eigenvalue weighted by atomic mass is 16.3. The van der Waals surface area contributed by atoms with Crippen LogP contribution in [-0.4, -0.2) is 28.1 Å². The van der Waals surface area contributed by atoms with E-state index in [-0.39, 0.29) is 29.4 Å². The Morgan fingerprint density at radius 3 is 2.61 bits per heavy atom. The second kappa shape index (κ2) is 5.22. The minimum Gasteiger partial charge on any atom is -0.494 e. The summed E-state index contributed by atoms with van der Waals surface area (Å²) in [6.07, 6.45) is 3.49. The largest absolute Gasteiger partial charge is 0.494 e. The van der Waals surface area contributed by atoms with Gasteiger partial charge in [0.25, 0.3) is 11.5 Å². The quantitative estimate of drug-likeness (QED) is 0.597. The van der Waals surface area contributed by atoms with E-state index in [1.165, 1.54) is 12.1 Å². The number of aromatic hydroxyl groups is 1. The molecule has 18 heavy (non-hydrogen) atoms. The Morgan fingerprint density at radius 1 is 1.33 bits per heavy atom. The maximum absolute atomic E-state index is 11.9. The molecule has 6 nitrogen and oxygen atoms in total. The molecule has 1 fully saturated rings. The SMILES string of the molecule is NC1CCC(NC(=O)c2cc(O)[nH]c(=O)c2)CC1. The maximum atomic E-state index is 11.9. The number of aromatic nitrogens is 1. The Morgan fingerprint density at radius 2 is 2.00 bits per heavy atom. The number of aromatic amines is 1. The topological polar surface area (TPSA) is 108 Å². The van der Waals surface area contributed by atoms with Crippen molar-refractivity contribution >= 4 is 5.91 Å². The third kappa shape index (κ3) is 3.10. The summed E-state index contributed by atoms with van der Waals surface area (Å²) in [7, 11) is 0. The number of carbonyl (C=O) groups excluding carboxylic acids is 1. The number of H-pyrrole nitrogens is 1. The average molecular weight is 251 g/mol.